The van der Waals surface area contributed by atoms with Gasteiger partial charge in [0.1, 0.15) is 0 Å². The van der Waals surface area contributed by atoms with Crippen LogP contribution in [-0.4, -0.2) is 37.1 Å². The van der Waals surface area contributed by atoms with E-state index < -0.39 is 0 Å². The summed E-state index contributed by atoms with van der Waals surface area (Å²) in [6.07, 6.45) is 5.49. The standard InChI is InChI=1S/C11H24N2/c1-3-11(2)12-7-10-13-8-5-4-6-9-13/h11-12H,3-10H2,1-2H3/t11-/m1/s1. The summed E-state index contributed by atoms with van der Waals surface area (Å²) < 4.78 is 0. The van der Waals surface area contributed by atoms with Gasteiger partial charge in [0, 0.05) is 19.1 Å². The lowest BCUT2D eigenvalue weighted by atomic mass is 10.1. The summed E-state index contributed by atoms with van der Waals surface area (Å²) in [6.45, 7) is 9.54. The van der Waals surface area contributed by atoms with E-state index in [1.807, 2.05) is 0 Å². The lowest BCUT2D eigenvalue weighted by Crippen LogP contribution is -2.38. The van der Waals surface area contributed by atoms with Crippen LogP contribution in [0.25, 0.3) is 0 Å². The second-order valence-corrected chi connectivity index (χ2v) is 4.17. The quantitative estimate of drug-likeness (QED) is 0.701. The van der Waals surface area contributed by atoms with E-state index in [1.54, 1.807) is 0 Å². The van der Waals surface area contributed by atoms with Crippen molar-refractivity contribution in [3.63, 3.8) is 0 Å². The van der Waals surface area contributed by atoms with Gasteiger partial charge in [-0.25, -0.2) is 0 Å². The zero-order valence-corrected chi connectivity index (χ0v) is 9.18. The third kappa shape index (κ3) is 4.63. The first-order chi connectivity index (χ1) is 6.33. The van der Waals surface area contributed by atoms with Crippen molar-refractivity contribution in [2.45, 2.75) is 45.6 Å². The topological polar surface area (TPSA) is 15.3 Å². The molecule has 1 fully saturated rings. The molecule has 0 aromatic heterocycles. The fourth-order valence-electron chi connectivity index (χ4n) is 1.80. The Kier molecular flexibility index (Phi) is 5.40. The summed E-state index contributed by atoms with van der Waals surface area (Å²) in [6, 6.07) is 0.685. The third-order valence-corrected chi connectivity index (χ3v) is 2.98. The Hall–Kier alpha value is -0.0800. The minimum Gasteiger partial charge on any atom is -0.313 e. The summed E-state index contributed by atoms with van der Waals surface area (Å²) in [5, 5.41) is 3.54. The summed E-state index contributed by atoms with van der Waals surface area (Å²) >= 11 is 0. The van der Waals surface area contributed by atoms with Crippen LogP contribution in [0.4, 0.5) is 0 Å². The number of nitrogens with one attached hydrogen (secondary N) is 1. The highest BCUT2D eigenvalue weighted by Gasteiger charge is 2.09. The molecule has 1 aliphatic rings. The molecule has 0 aromatic rings. The molecule has 0 amide bonds. The maximum absolute atomic E-state index is 3.54. The molecule has 0 unspecified atom stereocenters. The second-order valence-electron chi connectivity index (χ2n) is 4.17. The van der Waals surface area contributed by atoms with E-state index >= 15 is 0 Å². The predicted octanol–water partition coefficient (Wildman–Crippen LogP) is 1.86. The fourth-order valence-corrected chi connectivity index (χ4v) is 1.80. The Balaban J connectivity index is 1.98. The summed E-state index contributed by atoms with van der Waals surface area (Å²) in [7, 11) is 0. The van der Waals surface area contributed by atoms with Gasteiger partial charge in [-0.1, -0.05) is 13.3 Å². The minimum atomic E-state index is 0.685. The van der Waals surface area contributed by atoms with Gasteiger partial charge >= 0.3 is 0 Å². The highest BCUT2D eigenvalue weighted by atomic mass is 15.1. The van der Waals surface area contributed by atoms with Gasteiger partial charge in [-0.05, 0) is 39.3 Å². The van der Waals surface area contributed by atoms with Crippen molar-refractivity contribution in [2.24, 2.45) is 0 Å². The Morgan fingerprint density at radius 3 is 2.54 bits per heavy atom. The minimum absolute atomic E-state index is 0.685. The largest absolute Gasteiger partial charge is 0.313 e. The van der Waals surface area contributed by atoms with Crippen LogP contribution in [0.15, 0.2) is 0 Å². The summed E-state index contributed by atoms with van der Waals surface area (Å²) in [5.41, 5.74) is 0. The maximum Gasteiger partial charge on any atom is 0.0107 e. The molecule has 0 saturated carbocycles. The number of rotatable bonds is 5. The van der Waals surface area contributed by atoms with Crippen molar-refractivity contribution in [1.82, 2.24) is 10.2 Å². The summed E-state index contributed by atoms with van der Waals surface area (Å²) in [5.74, 6) is 0. The van der Waals surface area contributed by atoms with E-state index in [9.17, 15) is 0 Å². The van der Waals surface area contributed by atoms with E-state index in [-0.39, 0.29) is 0 Å². The highest BCUT2D eigenvalue weighted by molar-refractivity contribution is 4.66. The van der Waals surface area contributed by atoms with Gasteiger partial charge in [0.2, 0.25) is 0 Å². The van der Waals surface area contributed by atoms with E-state index in [1.165, 1.54) is 45.3 Å². The van der Waals surface area contributed by atoms with Crippen LogP contribution in [0, 0.1) is 0 Å². The van der Waals surface area contributed by atoms with Crippen LogP contribution in [-0.2, 0) is 0 Å². The SMILES string of the molecule is CC[C@@H](C)NCCN1CCCCC1. The third-order valence-electron chi connectivity index (χ3n) is 2.98. The van der Waals surface area contributed by atoms with Crippen molar-refractivity contribution >= 4 is 0 Å². The van der Waals surface area contributed by atoms with Crippen LogP contribution in [0.5, 0.6) is 0 Å². The first-order valence-corrected chi connectivity index (χ1v) is 5.78. The number of nitrogens with zero attached hydrogens (tertiary/aromatic N) is 1. The monoisotopic (exact) mass is 184 g/mol. The Labute approximate surface area is 82.7 Å². The van der Waals surface area contributed by atoms with Crippen molar-refractivity contribution in [2.75, 3.05) is 26.2 Å². The van der Waals surface area contributed by atoms with Gasteiger partial charge in [-0.3, -0.25) is 0 Å². The molecule has 1 aliphatic heterocycles. The van der Waals surface area contributed by atoms with Gasteiger partial charge in [-0.2, -0.15) is 0 Å². The van der Waals surface area contributed by atoms with Crippen molar-refractivity contribution < 1.29 is 0 Å². The molecule has 13 heavy (non-hydrogen) atoms. The smallest absolute Gasteiger partial charge is 0.0107 e. The molecule has 0 spiro atoms. The van der Waals surface area contributed by atoms with Crippen molar-refractivity contribution in [3.05, 3.63) is 0 Å². The van der Waals surface area contributed by atoms with Crippen LogP contribution in [0.1, 0.15) is 39.5 Å². The molecule has 2 nitrogen and oxygen atoms in total. The molecular weight excluding hydrogens is 160 g/mol. The number of likely N-dealkylation sites (tertiary alicyclic amines) is 1. The molecule has 1 saturated heterocycles. The predicted molar refractivity (Wildman–Crippen MR) is 58.0 cm³/mol. The highest BCUT2D eigenvalue weighted by Crippen LogP contribution is 2.07. The molecule has 0 aromatic carbocycles. The Morgan fingerprint density at radius 2 is 1.92 bits per heavy atom. The van der Waals surface area contributed by atoms with E-state index in [0.717, 1.165) is 6.54 Å². The molecule has 0 radical (unpaired) electrons. The maximum atomic E-state index is 3.54. The van der Waals surface area contributed by atoms with Crippen LogP contribution < -0.4 is 5.32 Å². The molecular formula is C11H24N2. The van der Waals surface area contributed by atoms with Gasteiger partial charge in [-0.15, -0.1) is 0 Å². The first kappa shape index (κ1) is 11.0. The molecule has 1 N–H and O–H groups in total. The molecule has 0 aliphatic carbocycles. The molecule has 78 valence electrons. The summed E-state index contributed by atoms with van der Waals surface area (Å²) in [4.78, 5) is 2.58. The number of piperidine rings is 1. The number of hydrogen-bond donors (Lipinski definition) is 1. The van der Waals surface area contributed by atoms with Crippen molar-refractivity contribution in [3.8, 4) is 0 Å². The Bertz CT molecular complexity index is 119. The molecule has 2 heteroatoms. The normalized spacial score (nSPS) is 21.7. The van der Waals surface area contributed by atoms with Crippen molar-refractivity contribution in [1.29, 1.82) is 0 Å². The first-order valence-electron chi connectivity index (χ1n) is 5.78. The van der Waals surface area contributed by atoms with Crippen LogP contribution in [0.2, 0.25) is 0 Å². The molecule has 1 rings (SSSR count). The lowest BCUT2D eigenvalue weighted by Gasteiger charge is -2.26. The molecule has 1 atom stereocenters. The molecule has 1 heterocycles. The van der Waals surface area contributed by atoms with E-state index in [0.29, 0.717) is 6.04 Å². The van der Waals surface area contributed by atoms with Crippen LogP contribution >= 0.6 is 0 Å². The van der Waals surface area contributed by atoms with Gasteiger partial charge in [0.25, 0.3) is 0 Å². The fraction of sp³-hybridized carbons (Fsp3) is 1.00. The van der Waals surface area contributed by atoms with E-state index in [2.05, 4.69) is 24.1 Å². The zero-order valence-electron chi connectivity index (χ0n) is 9.18. The Morgan fingerprint density at radius 1 is 1.23 bits per heavy atom. The van der Waals surface area contributed by atoms with E-state index in [4.69, 9.17) is 0 Å². The van der Waals surface area contributed by atoms with Crippen LogP contribution in [0.3, 0.4) is 0 Å². The van der Waals surface area contributed by atoms with Gasteiger partial charge in [0.05, 0.1) is 0 Å². The van der Waals surface area contributed by atoms with Gasteiger partial charge < -0.3 is 10.2 Å². The average molecular weight is 184 g/mol. The second kappa shape index (κ2) is 6.39. The van der Waals surface area contributed by atoms with Gasteiger partial charge in [0.15, 0.2) is 0 Å². The average Bonchev–Trinajstić information content (AvgIpc) is 2.19. The number of hydrogen-bond acceptors (Lipinski definition) is 2. The lowest BCUT2D eigenvalue weighted by molar-refractivity contribution is 0.226. The molecule has 0 bridgehead atoms. The zero-order chi connectivity index (χ0) is 9.52.